The van der Waals surface area contributed by atoms with E-state index in [0.717, 1.165) is 11.1 Å². The minimum atomic E-state index is -0.530. The first-order valence-corrected chi connectivity index (χ1v) is 8.71. The number of aryl methyl sites for hydroxylation is 1. The summed E-state index contributed by atoms with van der Waals surface area (Å²) in [6, 6.07) is 15.8. The zero-order valence-corrected chi connectivity index (χ0v) is 15.5. The maximum atomic E-state index is 12.7. The molecule has 3 rings (SSSR count). The summed E-state index contributed by atoms with van der Waals surface area (Å²) < 4.78 is 1.50. The molecule has 0 aliphatic carbocycles. The van der Waals surface area contributed by atoms with Gasteiger partial charge >= 0.3 is 0 Å². The van der Waals surface area contributed by atoms with Crippen LogP contribution < -0.4 is 10.9 Å². The number of benzene rings is 2. The van der Waals surface area contributed by atoms with Gasteiger partial charge in [0.15, 0.2) is 0 Å². The molecule has 2 aromatic carbocycles. The van der Waals surface area contributed by atoms with Crippen molar-refractivity contribution in [3.8, 4) is 0 Å². The molecular weight excluding hydrogens is 371 g/mol. The Kier molecular flexibility index (Phi) is 5.45. The number of carbonyl (C=O) groups excluding carboxylic acids is 1. The minimum absolute atomic E-state index is 0.0381. The highest BCUT2D eigenvalue weighted by atomic mass is 35.5. The van der Waals surface area contributed by atoms with Gasteiger partial charge in [-0.15, -0.1) is 0 Å². The van der Waals surface area contributed by atoms with Gasteiger partial charge in [0.05, 0.1) is 17.3 Å². The number of hydrogen-bond donors (Lipinski definition) is 1. The van der Waals surface area contributed by atoms with Crippen LogP contribution in [0.1, 0.15) is 21.5 Å². The second-order valence-corrected chi connectivity index (χ2v) is 6.77. The molecule has 4 nitrogen and oxygen atoms in total. The first-order chi connectivity index (χ1) is 12.4. The zero-order chi connectivity index (χ0) is 18.7. The number of anilines is 1. The van der Waals surface area contributed by atoms with Gasteiger partial charge in [0.2, 0.25) is 0 Å². The van der Waals surface area contributed by atoms with Crippen molar-refractivity contribution in [2.24, 2.45) is 0 Å². The second-order valence-electron chi connectivity index (χ2n) is 5.92. The summed E-state index contributed by atoms with van der Waals surface area (Å²) in [4.78, 5) is 25.2. The first kappa shape index (κ1) is 18.2. The largest absolute Gasteiger partial charge is 0.320 e. The lowest BCUT2D eigenvalue weighted by molar-refractivity contribution is 0.102. The van der Waals surface area contributed by atoms with E-state index >= 15 is 0 Å². The third-order valence-electron chi connectivity index (χ3n) is 3.88. The van der Waals surface area contributed by atoms with Crippen LogP contribution in [-0.2, 0) is 6.54 Å². The van der Waals surface area contributed by atoms with Crippen LogP contribution in [0.25, 0.3) is 0 Å². The van der Waals surface area contributed by atoms with Crippen molar-refractivity contribution >= 4 is 34.8 Å². The summed E-state index contributed by atoms with van der Waals surface area (Å²) in [6.45, 7) is 2.38. The topological polar surface area (TPSA) is 51.1 Å². The molecular formula is C20H16Cl2N2O2. The average molecular weight is 387 g/mol. The fourth-order valence-corrected chi connectivity index (χ4v) is 2.96. The number of hydrogen-bond acceptors (Lipinski definition) is 2. The van der Waals surface area contributed by atoms with E-state index in [1.807, 2.05) is 31.2 Å². The van der Waals surface area contributed by atoms with E-state index in [-0.39, 0.29) is 11.1 Å². The monoisotopic (exact) mass is 386 g/mol. The average Bonchev–Trinajstić information content (AvgIpc) is 2.60. The molecule has 0 spiro atoms. The Bertz CT molecular complexity index is 1030. The maximum absolute atomic E-state index is 12.7. The van der Waals surface area contributed by atoms with Crippen LogP contribution in [0.2, 0.25) is 10.0 Å². The van der Waals surface area contributed by atoms with Crippen molar-refractivity contribution in [1.29, 1.82) is 0 Å². The number of pyridine rings is 1. The molecule has 0 bridgehead atoms. The maximum Gasteiger partial charge on any atom is 0.263 e. The molecule has 26 heavy (non-hydrogen) atoms. The van der Waals surface area contributed by atoms with Crippen molar-refractivity contribution < 1.29 is 4.79 Å². The van der Waals surface area contributed by atoms with Gasteiger partial charge in [-0.2, -0.15) is 0 Å². The van der Waals surface area contributed by atoms with Gasteiger partial charge in [-0.3, -0.25) is 9.59 Å². The van der Waals surface area contributed by atoms with E-state index in [2.05, 4.69) is 5.32 Å². The van der Waals surface area contributed by atoms with Gasteiger partial charge in [-0.05, 0) is 42.8 Å². The Morgan fingerprint density at radius 3 is 2.65 bits per heavy atom. The summed E-state index contributed by atoms with van der Waals surface area (Å²) in [7, 11) is 0. The predicted molar refractivity (Wildman–Crippen MR) is 105 cm³/mol. The molecule has 0 saturated heterocycles. The Morgan fingerprint density at radius 2 is 1.88 bits per heavy atom. The van der Waals surface area contributed by atoms with Crippen LogP contribution in [-0.4, -0.2) is 10.5 Å². The molecule has 1 N–H and O–H groups in total. The van der Waals surface area contributed by atoms with E-state index in [0.29, 0.717) is 22.3 Å². The van der Waals surface area contributed by atoms with Crippen LogP contribution in [0.4, 0.5) is 5.69 Å². The molecule has 0 unspecified atom stereocenters. The number of carbonyl (C=O) groups is 1. The number of rotatable bonds is 4. The Morgan fingerprint density at radius 1 is 1.08 bits per heavy atom. The van der Waals surface area contributed by atoms with E-state index in [9.17, 15) is 9.59 Å². The molecule has 0 fully saturated rings. The molecule has 132 valence electrons. The summed E-state index contributed by atoms with van der Waals surface area (Å²) in [5.41, 5.74) is 2.13. The smallest absolute Gasteiger partial charge is 0.263 e. The summed E-state index contributed by atoms with van der Waals surface area (Å²) in [5.74, 6) is -0.530. The van der Waals surface area contributed by atoms with Gasteiger partial charge in [-0.1, -0.05) is 53.0 Å². The number of halogens is 2. The van der Waals surface area contributed by atoms with Crippen molar-refractivity contribution in [2.45, 2.75) is 13.5 Å². The van der Waals surface area contributed by atoms with Gasteiger partial charge in [0.1, 0.15) is 5.56 Å². The third-order valence-corrected chi connectivity index (χ3v) is 4.44. The molecule has 0 aliphatic rings. The molecule has 0 atom stereocenters. The Balaban J connectivity index is 1.88. The molecule has 0 saturated carbocycles. The van der Waals surface area contributed by atoms with Gasteiger partial charge in [0.25, 0.3) is 11.5 Å². The SMILES string of the molecule is Cc1cccc(Cn2cccc(C(=O)Nc3cc(Cl)ccc3Cl)c2=O)c1. The highest BCUT2D eigenvalue weighted by molar-refractivity contribution is 6.35. The lowest BCUT2D eigenvalue weighted by atomic mass is 10.1. The Labute approximate surface area is 161 Å². The lowest BCUT2D eigenvalue weighted by Gasteiger charge is -2.10. The van der Waals surface area contributed by atoms with Gasteiger partial charge in [0, 0.05) is 11.2 Å². The predicted octanol–water partition coefficient (Wildman–Crippen LogP) is 4.76. The molecule has 0 radical (unpaired) electrons. The molecule has 1 amide bonds. The third kappa shape index (κ3) is 4.15. The van der Waals surface area contributed by atoms with Crippen LogP contribution in [0, 0.1) is 6.92 Å². The highest BCUT2D eigenvalue weighted by Gasteiger charge is 2.14. The molecule has 3 aromatic rings. The highest BCUT2D eigenvalue weighted by Crippen LogP contribution is 2.25. The van der Waals surface area contributed by atoms with Crippen molar-refractivity contribution in [2.75, 3.05) is 5.32 Å². The molecule has 1 heterocycles. The lowest BCUT2D eigenvalue weighted by Crippen LogP contribution is -2.29. The van der Waals surface area contributed by atoms with E-state index in [1.54, 1.807) is 24.4 Å². The Hall–Kier alpha value is -2.56. The normalized spacial score (nSPS) is 10.6. The summed E-state index contributed by atoms with van der Waals surface area (Å²) in [6.07, 6.45) is 1.66. The summed E-state index contributed by atoms with van der Waals surface area (Å²) in [5, 5.41) is 3.43. The fourth-order valence-electron chi connectivity index (χ4n) is 2.62. The van der Waals surface area contributed by atoms with Crippen molar-refractivity contribution in [3.63, 3.8) is 0 Å². The number of aromatic nitrogens is 1. The molecule has 6 heteroatoms. The second kappa shape index (κ2) is 7.77. The fraction of sp³-hybridized carbons (Fsp3) is 0.100. The van der Waals surface area contributed by atoms with Crippen molar-refractivity contribution in [3.05, 3.63) is 97.9 Å². The quantitative estimate of drug-likeness (QED) is 0.702. The van der Waals surface area contributed by atoms with E-state index < -0.39 is 5.91 Å². The zero-order valence-electron chi connectivity index (χ0n) is 14.0. The van der Waals surface area contributed by atoms with Crippen LogP contribution in [0.3, 0.4) is 0 Å². The number of nitrogens with one attached hydrogen (secondary N) is 1. The van der Waals surface area contributed by atoms with E-state index in [1.165, 1.54) is 16.7 Å². The first-order valence-electron chi connectivity index (χ1n) is 7.95. The molecule has 0 aliphatic heterocycles. The van der Waals surface area contributed by atoms with E-state index in [4.69, 9.17) is 23.2 Å². The van der Waals surface area contributed by atoms with Gasteiger partial charge in [-0.25, -0.2) is 0 Å². The van der Waals surface area contributed by atoms with Crippen LogP contribution in [0.15, 0.2) is 65.6 Å². The number of amides is 1. The van der Waals surface area contributed by atoms with Crippen LogP contribution in [0.5, 0.6) is 0 Å². The minimum Gasteiger partial charge on any atom is -0.320 e. The van der Waals surface area contributed by atoms with Crippen molar-refractivity contribution in [1.82, 2.24) is 4.57 Å². The molecule has 1 aromatic heterocycles. The summed E-state index contributed by atoms with van der Waals surface area (Å²) >= 11 is 12.0. The standard InChI is InChI=1S/C20H16Cl2N2O2/c1-13-4-2-5-14(10-13)12-24-9-3-6-16(20(24)26)19(25)23-18-11-15(21)7-8-17(18)22/h2-11H,12H2,1H3,(H,23,25). The number of nitrogens with zero attached hydrogens (tertiary/aromatic N) is 1. The van der Waals surface area contributed by atoms with Crippen LogP contribution >= 0.6 is 23.2 Å². The van der Waals surface area contributed by atoms with Gasteiger partial charge < -0.3 is 9.88 Å².